The van der Waals surface area contributed by atoms with Crippen LogP contribution in [0.25, 0.3) is 0 Å². The van der Waals surface area contributed by atoms with Gasteiger partial charge in [-0.2, -0.15) is 0 Å². The molecule has 8 nitrogen and oxygen atoms in total. The molecule has 2 unspecified atom stereocenters. The van der Waals surface area contributed by atoms with Crippen molar-refractivity contribution in [3.05, 3.63) is 24.3 Å². The SMILES string of the molecule is CC(=O)Oc1ccc(N2C(=O)CC(N(CC3CCCO3)C(=O)C34CC5CC(CC(C5)C3)C4)C2=O)cc1. The Balaban J connectivity index is 1.27. The van der Waals surface area contributed by atoms with Crippen LogP contribution < -0.4 is 9.64 Å². The summed E-state index contributed by atoms with van der Waals surface area (Å²) in [5.74, 6) is 1.12. The molecule has 2 aliphatic heterocycles. The number of rotatable bonds is 6. The number of hydrogen-bond acceptors (Lipinski definition) is 6. The summed E-state index contributed by atoms with van der Waals surface area (Å²) in [7, 11) is 0. The lowest BCUT2D eigenvalue weighted by molar-refractivity contribution is -0.163. The van der Waals surface area contributed by atoms with Crippen molar-refractivity contribution < 1.29 is 28.7 Å². The second-order valence-electron chi connectivity index (χ2n) is 11.7. The number of carbonyl (C=O) groups is 4. The van der Waals surface area contributed by atoms with Crippen LogP contribution in [0.15, 0.2) is 24.3 Å². The largest absolute Gasteiger partial charge is 0.427 e. The monoisotopic (exact) mass is 494 g/mol. The summed E-state index contributed by atoms with van der Waals surface area (Å²) < 4.78 is 11.0. The van der Waals surface area contributed by atoms with Crippen LogP contribution in [0.3, 0.4) is 0 Å². The fourth-order valence-electron chi connectivity index (χ4n) is 8.00. The van der Waals surface area contributed by atoms with E-state index in [2.05, 4.69) is 0 Å². The molecule has 7 rings (SSSR count). The number of hydrogen-bond donors (Lipinski definition) is 0. The molecule has 36 heavy (non-hydrogen) atoms. The maximum absolute atomic E-state index is 14.4. The third-order valence-corrected chi connectivity index (χ3v) is 9.03. The van der Waals surface area contributed by atoms with Gasteiger partial charge in [-0.3, -0.25) is 19.2 Å². The Bertz CT molecular complexity index is 1040. The van der Waals surface area contributed by atoms with Crippen molar-refractivity contribution in [2.24, 2.45) is 23.2 Å². The summed E-state index contributed by atoms with van der Waals surface area (Å²) in [6.07, 6.45) is 8.13. The molecule has 0 spiro atoms. The van der Waals surface area contributed by atoms with Gasteiger partial charge in [-0.25, -0.2) is 4.90 Å². The average Bonchev–Trinajstić information content (AvgIpc) is 3.44. The van der Waals surface area contributed by atoms with Gasteiger partial charge in [-0.1, -0.05) is 0 Å². The van der Waals surface area contributed by atoms with E-state index >= 15 is 0 Å². The Kier molecular flexibility index (Phi) is 5.90. The molecule has 2 heterocycles. The summed E-state index contributed by atoms with van der Waals surface area (Å²) in [5, 5.41) is 0. The Labute approximate surface area is 211 Å². The van der Waals surface area contributed by atoms with Crippen molar-refractivity contribution in [2.75, 3.05) is 18.1 Å². The van der Waals surface area contributed by atoms with Gasteiger partial charge >= 0.3 is 5.97 Å². The Morgan fingerprint density at radius 1 is 1.06 bits per heavy atom. The van der Waals surface area contributed by atoms with Crippen molar-refractivity contribution in [3.63, 3.8) is 0 Å². The van der Waals surface area contributed by atoms with Crippen molar-refractivity contribution in [3.8, 4) is 5.75 Å². The van der Waals surface area contributed by atoms with E-state index in [1.807, 2.05) is 0 Å². The number of esters is 1. The molecule has 0 radical (unpaired) electrons. The molecule has 4 aliphatic carbocycles. The van der Waals surface area contributed by atoms with Crippen LogP contribution in [0.1, 0.15) is 64.7 Å². The van der Waals surface area contributed by atoms with Gasteiger partial charge in [-0.15, -0.1) is 0 Å². The van der Waals surface area contributed by atoms with Gasteiger partial charge in [0, 0.05) is 20.1 Å². The van der Waals surface area contributed by atoms with E-state index in [0.29, 0.717) is 42.3 Å². The van der Waals surface area contributed by atoms with E-state index in [1.165, 1.54) is 31.1 Å². The summed E-state index contributed by atoms with van der Waals surface area (Å²) in [4.78, 5) is 55.3. The standard InChI is InChI=1S/C28H34N2O6/c1-17(31)36-22-6-4-21(5-7-22)30-25(32)12-24(26(30)33)29(16-23-3-2-8-35-23)27(34)28-13-18-9-19(14-28)11-20(10-18)15-28/h4-7,18-20,23-24H,2-3,8-16H2,1H3. The van der Waals surface area contributed by atoms with Gasteiger partial charge in [0.2, 0.25) is 11.8 Å². The summed E-state index contributed by atoms with van der Waals surface area (Å²) in [5.41, 5.74) is 0.0261. The lowest BCUT2D eigenvalue weighted by Gasteiger charge is -2.57. The highest BCUT2D eigenvalue weighted by Gasteiger charge is 2.57. The van der Waals surface area contributed by atoms with E-state index in [0.717, 1.165) is 32.1 Å². The van der Waals surface area contributed by atoms with E-state index in [9.17, 15) is 19.2 Å². The minimum atomic E-state index is -0.810. The van der Waals surface area contributed by atoms with E-state index < -0.39 is 17.4 Å². The lowest BCUT2D eigenvalue weighted by Crippen LogP contribution is -2.58. The third kappa shape index (κ3) is 4.13. The smallest absolute Gasteiger partial charge is 0.308 e. The predicted octanol–water partition coefficient (Wildman–Crippen LogP) is 3.47. The van der Waals surface area contributed by atoms with Gasteiger partial charge in [0.15, 0.2) is 0 Å². The van der Waals surface area contributed by atoms with Crippen LogP contribution >= 0.6 is 0 Å². The molecular weight excluding hydrogens is 460 g/mol. The molecule has 1 aromatic carbocycles. The van der Waals surface area contributed by atoms with Gasteiger partial charge in [0.05, 0.1) is 23.6 Å². The lowest BCUT2D eigenvalue weighted by atomic mass is 9.49. The number of benzene rings is 1. The summed E-state index contributed by atoms with van der Waals surface area (Å²) in [6.45, 7) is 2.35. The highest BCUT2D eigenvalue weighted by molar-refractivity contribution is 6.23. The number of amides is 3. The minimum absolute atomic E-state index is 0.0185. The van der Waals surface area contributed by atoms with Crippen LogP contribution in [0.4, 0.5) is 5.69 Å². The molecule has 0 aromatic heterocycles. The van der Waals surface area contributed by atoms with Crippen molar-refractivity contribution in [1.82, 2.24) is 4.90 Å². The first kappa shape index (κ1) is 23.6. The topological polar surface area (TPSA) is 93.2 Å². The van der Waals surface area contributed by atoms with E-state index in [1.54, 1.807) is 29.2 Å². The fourth-order valence-corrected chi connectivity index (χ4v) is 8.00. The zero-order valence-electron chi connectivity index (χ0n) is 20.8. The molecule has 192 valence electrons. The Hall–Kier alpha value is -2.74. The van der Waals surface area contributed by atoms with Crippen molar-refractivity contribution in [2.45, 2.75) is 76.9 Å². The molecule has 2 atom stereocenters. The van der Waals surface area contributed by atoms with Crippen LogP contribution in [0.2, 0.25) is 0 Å². The highest BCUT2D eigenvalue weighted by atomic mass is 16.5. The molecule has 4 saturated carbocycles. The maximum Gasteiger partial charge on any atom is 0.308 e. The molecule has 8 heteroatoms. The zero-order valence-corrected chi connectivity index (χ0v) is 20.8. The van der Waals surface area contributed by atoms with Crippen molar-refractivity contribution in [1.29, 1.82) is 0 Å². The van der Waals surface area contributed by atoms with E-state index in [4.69, 9.17) is 9.47 Å². The highest BCUT2D eigenvalue weighted by Crippen LogP contribution is 2.60. The van der Waals surface area contributed by atoms with Gasteiger partial charge in [0.25, 0.3) is 5.91 Å². The molecule has 0 N–H and O–H groups in total. The van der Waals surface area contributed by atoms with Gasteiger partial charge < -0.3 is 14.4 Å². The average molecular weight is 495 g/mol. The van der Waals surface area contributed by atoms with Crippen LogP contribution in [0.5, 0.6) is 5.75 Å². The number of ether oxygens (including phenoxy) is 2. The van der Waals surface area contributed by atoms with Crippen LogP contribution in [0, 0.1) is 23.2 Å². The third-order valence-electron chi connectivity index (χ3n) is 9.03. The molecule has 2 saturated heterocycles. The normalized spacial score (nSPS) is 34.9. The van der Waals surface area contributed by atoms with E-state index in [-0.39, 0.29) is 30.2 Å². The number of nitrogens with zero attached hydrogens (tertiary/aromatic N) is 2. The second kappa shape index (κ2) is 8.98. The molecular formula is C28H34N2O6. The van der Waals surface area contributed by atoms with Gasteiger partial charge in [0.1, 0.15) is 11.8 Å². The molecule has 6 fully saturated rings. The fraction of sp³-hybridized carbons (Fsp3) is 0.643. The molecule has 6 aliphatic rings. The first-order chi connectivity index (χ1) is 17.3. The summed E-state index contributed by atoms with van der Waals surface area (Å²) >= 11 is 0. The molecule has 3 amide bonds. The zero-order chi connectivity index (χ0) is 25.0. The molecule has 1 aromatic rings. The van der Waals surface area contributed by atoms with Crippen LogP contribution in [-0.4, -0.2) is 53.9 Å². The van der Waals surface area contributed by atoms with Gasteiger partial charge in [-0.05, 0) is 93.4 Å². The number of anilines is 1. The predicted molar refractivity (Wildman–Crippen MR) is 130 cm³/mol. The Morgan fingerprint density at radius 3 is 2.25 bits per heavy atom. The quantitative estimate of drug-likeness (QED) is 0.342. The first-order valence-electron chi connectivity index (χ1n) is 13.4. The first-order valence-corrected chi connectivity index (χ1v) is 13.4. The van der Waals surface area contributed by atoms with Crippen molar-refractivity contribution >= 4 is 29.4 Å². The Morgan fingerprint density at radius 2 is 1.69 bits per heavy atom. The number of imide groups is 1. The maximum atomic E-state index is 14.4. The number of carbonyl (C=O) groups excluding carboxylic acids is 4. The molecule has 4 bridgehead atoms. The second-order valence-corrected chi connectivity index (χ2v) is 11.7. The minimum Gasteiger partial charge on any atom is -0.427 e. The summed E-state index contributed by atoms with van der Waals surface area (Å²) in [6, 6.07) is 5.52. The van der Waals surface area contributed by atoms with Crippen LogP contribution in [-0.2, 0) is 23.9 Å².